The van der Waals surface area contributed by atoms with Crippen LogP contribution in [0.3, 0.4) is 0 Å². The lowest BCUT2D eigenvalue weighted by atomic mass is 9.82. The number of rotatable bonds is 9. The van der Waals surface area contributed by atoms with Crippen molar-refractivity contribution in [3.05, 3.63) is 86.4 Å². The van der Waals surface area contributed by atoms with Gasteiger partial charge in [0, 0.05) is 42.8 Å². The van der Waals surface area contributed by atoms with Crippen LogP contribution in [0.1, 0.15) is 68.1 Å². The van der Waals surface area contributed by atoms with Crippen molar-refractivity contribution < 1.29 is 4.52 Å². The van der Waals surface area contributed by atoms with Crippen LogP contribution in [-0.2, 0) is 19.4 Å². The maximum Gasteiger partial charge on any atom is 0.314 e. The summed E-state index contributed by atoms with van der Waals surface area (Å²) < 4.78 is 7.05. The molecule has 6 rings (SSSR count). The topological polar surface area (TPSA) is 79.9 Å². The molecule has 2 unspecified atom stereocenters. The number of unbranched alkanes of at least 4 members (excludes halogenated alkanes) is 1. The maximum atomic E-state index is 14.1. The van der Waals surface area contributed by atoms with Crippen LogP contribution in [0.4, 0.5) is 0 Å². The zero-order valence-electron chi connectivity index (χ0n) is 25.0. The lowest BCUT2D eigenvalue weighted by Gasteiger charge is -2.22. The van der Waals surface area contributed by atoms with Crippen LogP contribution in [-0.4, -0.2) is 42.7 Å². The number of aromatic amines is 1. The molecular weight excluding hydrogens is 575 g/mol. The molecule has 7 nitrogen and oxygen atoms in total. The fourth-order valence-corrected chi connectivity index (χ4v) is 7.21. The van der Waals surface area contributed by atoms with Crippen LogP contribution in [0.2, 0.25) is 0 Å². The van der Waals surface area contributed by atoms with E-state index in [9.17, 15) is 4.79 Å². The summed E-state index contributed by atoms with van der Waals surface area (Å²) in [6.45, 7) is 6.68. The van der Waals surface area contributed by atoms with Gasteiger partial charge in [0.1, 0.15) is 5.82 Å². The molecule has 1 aliphatic carbocycles. The van der Waals surface area contributed by atoms with Crippen LogP contribution in [0.15, 0.2) is 57.8 Å². The molecule has 2 aliphatic rings. The number of H-pyrrole nitrogens is 1. The van der Waals surface area contributed by atoms with Crippen LogP contribution in [0.25, 0.3) is 22.5 Å². The minimum Gasteiger partial charge on any atom is -0.365 e. The van der Waals surface area contributed by atoms with Crippen LogP contribution < -0.4 is 5.56 Å². The van der Waals surface area contributed by atoms with Crippen molar-refractivity contribution >= 4 is 29.4 Å². The summed E-state index contributed by atoms with van der Waals surface area (Å²) in [6, 6.07) is 16.4. The second-order valence-electron chi connectivity index (χ2n) is 12.0. The summed E-state index contributed by atoms with van der Waals surface area (Å²) in [5, 5.41) is 2.81. The van der Waals surface area contributed by atoms with Crippen molar-refractivity contribution in [1.82, 2.24) is 24.6 Å². The number of aryl methyl sites for hydroxylation is 2. The van der Waals surface area contributed by atoms with Gasteiger partial charge in [-0.1, -0.05) is 86.9 Å². The molecule has 2 fully saturated rings. The summed E-state index contributed by atoms with van der Waals surface area (Å²) >= 11 is 11.0. The van der Waals surface area contributed by atoms with Crippen molar-refractivity contribution in [3.8, 4) is 22.5 Å². The van der Waals surface area contributed by atoms with E-state index in [1.807, 2.05) is 29.7 Å². The maximum absolute atomic E-state index is 14.1. The summed E-state index contributed by atoms with van der Waals surface area (Å²) in [5.41, 5.74) is 5.59. The van der Waals surface area contributed by atoms with E-state index >= 15 is 0 Å². The van der Waals surface area contributed by atoms with Gasteiger partial charge in [-0.15, -0.1) is 0 Å². The van der Waals surface area contributed by atoms with E-state index in [4.69, 9.17) is 33.9 Å². The van der Waals surface area contributed by atoms with Gasteiger partial charge in [0.2, 0.25) is 0 Å². The van der Waals surface area contributed by atoms with Gasteiger partial charge < -0.3 is 9.42 Å². The fraction of sp³-hybridized carbons (Fsp3) is 0.441. The zero-order valence-corrected chi connectivity index (χ0v) is 26.6. The molecule has 1 saturated heterocycles. The van der Waals surface area contributed by atoms with E-state index in [1.54, 1.807) is 0 Å². The number of hydrogen-bond acceptors (Lipinski definition) is 6. The van der Waals surface area contributed by atoms with Gasteiger partial charge in [-0.25, -0.2) is 10.1 Å². The molecule has 2 atom stereocenters. The molecule has 1 saturated carbocycles. The average Bonchev–Trinajstić information content (AvgIpc) is 3.66. The molecule has 1 N–H and O–H groups in total. The van der Waals surface area contributed by atoms with E-state index in [2.05, 4.69) is 52.3 Å². The standard InChI is InChI=1S/C34H39N5O2S2/c1-3-4-13-30-35-22(2)29(18-31(42)38-20-25-9-5-6-10-26(25)21-38)33(40)39(30)19-23-14-16-24(17-15-23)27-11-7-8-12-28(27)32-36-34(43)41-37-32/h7-8,11-12,14-17,25-26H,3-6,9-10,13,18-21H2,1-2H3,(H,36,37,43). The Kier molecular flexibility index (Phi) is 9.00. The highest BCUT2D eigenvalue weighted by Gasteiger charge is 2.35. The molecule has 9 heteroatoms. The Morgan fingerprint density at radius 1 is 1.02 bits per heavy atom. The normalized spacial score (nSPS) is 18.1. The highest BCUT2D eigenvalue weighted by molar-refractivity contribution is 7.80. The molecule has 0 spiro atoms. The molecule has 224 valence electrons. The third kappa shape index (κ3) is 6.43. The van der Waals surface area contributed by atoms with Gasteiger partial charge in [-0.3, -0.25) is 9.36 Å². The minimum atomic E-state index is 0.0354. The number of hydrogen-bond donors (Lipinski definition) is 1. The van der Waals surface area contributed by atoms with E-state index < -0.39 is 0 Å². The number of benzene rings is 2. The predicted octanol–water partition coefficient (Wildman–Crippen LogP) is 7.31. The molecular formula is C34H39N5O2S2. The summed E-state index contributed by atoms with van der Waals surface area (Å²) in [6.07, 6.45) is 8.57. The molecule has 43 heavy (non-hydrogen) atoms. The Morgan fingerprint density at radius 3 is 2.37 bits per heavy atom. The number of likely N-dealkylation sites (tertiary alicyclic amines) is 1. The van der Waals surface area contributed by atoms with Crippen molar-refractivity contribution in [2.24, 2.45) is 11.8 Å². The Labute approximate surface area is 263 Å². The summed E-state index contributed by atoms with van der Waals surface area (Å²) in [7, 11) is 0. The van der Waals surface area contributed by atoms with Crippen molar-refractivity contribution in [1.29, 1.82) is 0 Å². The highest BCUT2D eigenvalue weighted by atomic mass is 32.1. The van der Waals surface area contributed by atoms with Crippen molar-refractivity contribution in [3.63, 3.8) is 0 Å². The third-order valence-corrected chi connectivity index (χ3v) is 9.76. The van der Waals surface area contributed by atoms with Crippen LogP contribution >= 0.6 is 24.4 Å². The largest absolute Gasteiger partial charge is 0.365 e. The van der Waals surface area contributed by atoms with E-state index in [1.165, 1.54) is 25.7 Å². The summed E-state index contributed by atoms with van der Waals surface area (Å²) in [5.74, 6) is 2.95. The number of aromatic nitrogens is 4. The first-order valence-electron chi connectivity index (χ1n) is 15.5. The predicted molar refractivity (Wildman–Crippen MR) is 177 cm³/mol. The lowest BCUT2D eigenvalue weighted by Crippen LogP contribution is -2.35. The number of thiocarbonyl (C=S) groups is 1. The summed E-state index contributed by atoms with van der Waals surface area (Å²) in [4.78, 5) is 26.8. The molecule has 2 aromatic carbocycles. The smallest absolute Gasteiger partial charge is 0.314 e. The minimum absolute atomic E-state index is 0.0354. The Morgan fingerprint density at radius 2 is 1.72 bits per heavy atom. The van der Waals surface area contributed by atoms with Gasteiger partial charge in [-0.2, -0.15) is 4.98 Å². The number of nitrogens with zero attached hydrogens (tertiary/aromatic N) is 4. The van der Waals surface area contributed by atoms with Gasteiger partial charge >= 0.3 is 4.84 Å². The quantitative estimate of drug-likeness (QED) is 0.198. The van der Waals surface area contributed by atoms with E-state index in [0.29, 0.717) is 18.8 Å². The van der Waals surface area contributed by atoms with Crippen molar-refractivity contribution in [2.45, 2.75) is 71.8 Å². The number of fused-ring (bicyclic) bond motifs is 1. The first-order chi connectivity index (χ1) is 20.9. The van der Waals surface area contributed by atoms with Crippen LogP contribution in [0.5, 0.6) is 0 Å². The molecule has 0 amide bonds. The zero-order chi connectivity index (χ0) is 29.9. The number of nitrogens with one attached hydrogen (secondary N) is 1. The second kappa shape index (κ2) is 13.1. The first kappa shape index (κ1) is 29.6. The molecule has 4 aromatic rings. The fourth-order valence-electron chi connectivity index (χ4n) is 6.78. The third-order valence-electron chi connectivity index (χ3n) is 9.19. The molecule has 3 heterocycles. The molecule has 0 bridgehead atoms. The van der Waals surface area contributed by atoms with Gasteiger partial charge in [0.25, 0.3) is 5.56 Å². The molecule has 2 aromatic heterocycles. The Balaban J connectivity index is 1.26. The van der Waals surface area contributed by atoms with Crippen LogP contribution in [0, 0.1) is 23.6 Å². The molecule has 0 radical (unpaired) electrons. The van der Waals surface area contributed by atoms with E-state index in [0.717, 1.165) is 88.5 Å². The lowest BCUT2D eigenvalue weighted by molar-refractivity contribution is 0.299. The monoisotopic (exact) mass is 613 g/mol. The Hall–Kier alpha value is -3.43. The molecule has 1 aliphatic heterocycles. The first-order valence-corrected chi connectivity index (χ1v) is 16.3. The van der Waals surface area contributed by atoms with Gasteiger partial charge in [0.15, 0.2) is 5.82 Å². The Bertz CT molecular complexity index is 1710. The van der Waals surface area contributed by atoms with Gasteiger partial charge in [0.05, 0.1) is 11.5 Å². The van der Waals surface area contributed by atoms with Crippen molar-refractivity contribution in [2.75, 3.05) is 13.1 Å². The van der Waals surface area contributed by atoms with E-state index in [-0.39, 0.29) is 10.4 Å². The average molecular weight is 614 g/mol. The SMILES string of the molecule is CCCCc1nc(C)c(CC(=S)N2CC3CCCCC3C2)c(=O)n1Cc1ccc(-c2ccccc2-c2nc(=S)o[nH]2)cc1. The highest BCUT2D eigenvalue weighted by Crippen LogP contribution is 2.36. The second-order valence-corrected chi connectivity index (χ2v) is 12.9. The van der Waals surface area contributed by atoms with Gasteiger partial charge in [-0.05, 0) is 66.9 Å².